The van der Waals surface area contributed by atoms with Crippen LogP contribution in [0.5, 0.6) is 0 Å². The monoisotopic (exact) mass is 386 g/mol. The van der Waals surface area contributed by atoms with Crippen LogP contribution >= 0.6 is 11.8 Å². The van der Waals surface area contributed by atoms with Gasteiger partial charge < -0.3 is 4.57 Å². The van der Waals surface area contributed by atoms with E-state index in [0.717, 1.165) is 35.8 Å². The fourth-order valence-corrected chi connectivity index (χ4v) is 6.91. The van der Waals surface area contributed by atoms with Crippen LogP contribution in [0.25, 0.3) is 11.2 Å². The Morgan fingerprint density at radius 2 is 1.96 bits per heavy atom. The van der Waals surface area contributed by atoms with E-state index in [1.807, 2.05) is 0 Å². The zero-order valence-electron chi connectivity index (χ0n) is 16.2. The number of aromatic nitrogens is 4. The number of nitrogens with one attached hydrogen (secondary N) is 1. The van der Waals surface area contributed by atoms with E-state index in [1.165, 1.54) is 57.8 Å². The zero-order valence-corrected chi connectivity index (χ0v) is 17.1. The summed E-state index contributed by atoms with van der Waals surface area (Å²) >= 11 is 1.75. The molecule has 0 amide bonds. The summed E-state index contributed by atoms with van der Waals surface area (Å²) in [7, 11) is 0. The van der Waals surface area contributed by atoms with E-state index >= 15 is 0 Å². The third-order valence-corrected chi connectivity index (χ3v) is 8.19. The first-order valence-electron chi connectivity index (χ1n) is 10.9. The molecule has 27 heavy (non-hydrogen) atoms. The lowest BCUT2D eigenvalue weighted by atomic mass is 9.88. The highest BCUT2D eigenvalue weighted by atomic mass is 32.2. The highest BCUT2D eigenvalue weighted by molar-refractivity contribution is 7.99. The Labute approximate surface area is 164 Å². The van der Waals surface area contributed by atoms with Gasteiger partial charge in [0.15, 0.2) is 16.3 Å². The third kappa shape index (κ3) is 3.24. The molecule has 2 bridgehead atoms. The highest BCUT2D eigenvalue weighted by Gasteiger charge is 2.42. The minimum absolute atomic E-state index is 0.00586. The lowest BCUT2D eigenvalue weighted by Crippen LogP contribution is -2.18. The molecule has 0 saturated heterocycles. The summed E-state index contributed by atoms with van der Waals surface area (Å²) in [4.78, 5) is 25.8. The Bertz CT molecular complexity index is 882. The van der Waals surface area contributed by atoms with Gasteiger partial charge in [0.25, 0.3) is 5.56 Å². The number of H-pyrrole nitrogens is 1. The number of hydrogen-bond acceptors (Lipinski definition) is 4. The lowest BCUT2D eigenvalue weighted by Gasteiger charge is -2.22. The molecule has 3 unspecified atom stereocenters. The molecule has 3 fully saturated rings. The molecule has 2 aromatic rings. The second-order valence-corrected chi connectivity index (χ2v) is 10.1. The van der Waals surface area contributed by atoms with Gasteiger partial charge in [-0.15, -0.1) is 0 Å². The standard InChI is InChI=1S/C21H30N4OS/c1-2-10-25-17-18(22-19(25)16-12-13-8-9-14(16)11-13)23-21(24-20(17)26)27-15-6-4-3-5-7-15/h13-16H,2-12H2,1H3,(H,23,24,26). The van der Waals surface area contributed by atoms with Crippen molar-refractivity contribution in [3.05, 3.63) is 16.2 Å². The Hall–Kier alpha value is -1.30. The van der Waals surface area contributed by atoms with E-state index in [2.05, 4.69) is 16.5 Å². The molecular weight excluding hydrogens is 356 g/mol. The molecule has 0 spiro atoms. The van der Waals surface area contributed by atoms with Crippen molar-refractivity contribution < 1.29 is 0 Å². The van der Waals surface area contributed by atoms with Crippen LogP contribution in [-0.2, 0) is 6.54 Å². The summed E-state index contributed by atoms with van der Waals surface area (Å²) < 4.78 is 2.20. The van der Waals surface area contributed by atoms with Gasteiger partial charge in [-0.2, -0.15) is 0 Å². The average Bonchev–Trinajstić information content (AvgIpc) is 3.37. The molecule has 3 saturated carbocycles. The maximum absolute atomic E-state index is 13.0. The van der Waals surface area contributed by atoms with Gasteiger partial charge in [-0.1, -0.05) is 44.4 Å². The van der Waals surface area contributed by atoms with Gasteiger partial charge in [0, 0.05) is 17.7 Å². The number of imidazole rings is 1. The average molecular weight is 387 g/mol. The van der Waals surface area contributed by atoms with Gasteiger partial charge in [0.05, 0.1) is 0 Å². The number of aryl methyl sites for hydroxylation is 1. The first-order chi connectivity index (χ1) is 13.2. The van der Waals surface area contributed by atoms with Gasteiger partial charge >= 0.3 is 0 Å². The fraction of sp³-hybridized carbons (Fsp3) is 0.762. The molecule has 3 aliphatic carbocycles. The van der Waals surface area contributed by atoms with Gasteiger partial charge in [-0.3, -0.25) is 9.78 Å². The van der Waals surface area contributed by atoms with E-state index in [0.29, 0.717) is 22.3 Å². The van der Waals surface area contributed by atoms with E-state index in [9.17, 15) is 4.79 Å². The molecule has 0 aliphatic heterocycles. The van der Waals surface area contributed by atoms with Gasteiger partial charge in [-0.25, -0.2) is 9.97 Å². The van der Waals surface area contributed by atoms with Gasteiger partial charge in [0.2, 0.25) is 0 Å². The molecule has 5 nitrogen and oxygen atoms in total. The van der Waals surface area contributed by atoms with Crippen LogP contribution in [0.3, 0.4) is 0 Å². The van der Waals surface area contributed by atoms with Crippen molar-refractivity contribution in [2.75, 3.05) is 0 Å². The van der Waals surface area contributed by atoms with Crippen LogP contribution in [-0.4, -0.2) is 24.8 Å². The smallest absolute Gasteiger partial charge is 0.277 e. The number of fused-ring (bicyclic) bond motifs is 3. The molecule has 146 valence electrons. The Kier molecular flexibility index (Phi) is 4.78. The molecule has 0 radical (unpaired) electrons. The quantitative estimate of drug-likeness (QED) is 0.746. The molecule has 3 atom stereocenters. The van der Waals surface area contributed by atoms with E-state index < -0.39 is 0 Å². The summed E-state index contributed by atoms with van der Waals surface area (Å²) in [6, 6.07) is 0. The van der Waals surface area contributed by atoms with Crippen molar-refractivity contribution in [2.24, 2.45) is 11.8 Å². The van der Waals surface area contributed by atoms with E-state index in [4.69, 9.17) is 9.97 Å². The van der Waals surface area contributed by atoms with E-state index in [-0.39, 0.29) is 5.56 Å². The van der Waals surface area contributed by atoms with Crippen LogP contribution in [0, 0.1) is 11.8 Å². The first kappa shape index (κ1) is 17.8. The Morgan fingerprint density at radius 3 is 2.67 bits per heavy atom. The predicted octanol–water partition coefficient (Wildman–Crippen LogP) is 4.86. The maximum atomic E-state index is 13.0. The van der Waals surface area contributed by atoms with Crippen molar-refractivity contribution in [1.29, 1.82) is 0 Å². The normalized spacial score (nSPS) is 28.4. The summed E-state index contributed by atoms with van der Waals surface area (Å²) in [6.45, 7) is 3.03. The predicted molar refractivity (Wildman–Crippen MR) is 109 cm³/mol. The second kappa shape index (κ2) is 7.26. The van der Waals surface area contributed by atoms with Crippen LogP contribution in [0.4, 0.5) is 0 Å². The molecule has 1 N–H and O–H groups in total. The molecule has 2 aromatic heterocycles. The number of hydrogen-bond donors (Lipinski definition) is 1. The minimum atomic E-state index is -0.00586. The number of nitrogens with zero attached hydrogens (tertiary/aromatic N) is 3. The zero-order chi connectivity index (χ0) is 18.4. The summed E-state index contributed by atoms with van der Waals surface area (Å²) in [5.74, 6) is 3.30. The van der Waals surface area contributed by atoms with Crippen molar-refractivity contribution >= 4 is 22.9 Å². The SMILES string of the molecule is CCCn1c(C2CC3CCC2C3)nc2nc(SC3CCCCC3)[nH]c(=O)c21. The molecule has 5 rings (SSSR count). The summed E-state index contributed by atoms with van der Waals surface area (Å²) in [6.07, 6.45) is 12.7. The van der Waals surface area contributed by atoms with Gasteiger partial charge in [0.1, 0.15) is 5.82 Å². The molecule has 2 heterocycles. The largest absolute Gasteiger partial charge is 0.322 e. The fourth-order valence-electron chi connectivity index (χ4n) is 5.73. The minimum Gasteiger partial charge on any atom is -0.322 e. The Balaban J connectivity index is 1.52. The maximum Gasteiger partial charge on any atom is 0.277 e. The molecule has 0 aromatic carbocycles. The van der Waals surface area contributed by atoms with Crippen molar-refractivity contribution in [2.45, 2.75) is 94.0 Å². The van der Waals surface area contributed by atoms with Crippen molar-refractivity contribution in [1.82, 2.24) is 19.5 Å². The molecule has 3 aliphatic rings. The van der Waals surface area contributed by atoms with Crippen LogP contribution in [0.15, 0.2) is 9.95 Å². The summed E-state index contributed by atoms with van der Waals surface area (Å²) in [5, 5.41) is 1.35. The first-order valence-corrected chi connectivity index (χ1v) is 11.8. The summed E-state index contributed by atoms with van der Waals surface area (Å²) in [5.41, 5.74) is 1.36. The van der Waals surface area contributed by atoms with Crippen LogP contribution in [0.1, 0.15) is 82.9 Å². The molecule has 6 heteroatoms. The lowest BCUT2D eigenvalue weighted by molar-refractivity contribution is 0.394. The van der Waals surface area contributed by atoms with E-state index in [1.54, 1.807) is 11.8 Å². The molecular formula is C21H30N4OS. The van der Waals surface area contributed by atoms with Crippen molar-refractivity contribution in [3.8, 4) is 0 Å². The second-order valence-electron chi connectivity index (χ2n) is 8.82. The van der Waals surface area contributed by atoms with Crippen LogP contribution in [0.2, 0.25) is 0 Å². The topological polar surface area (TPSA) is 63.6 Å². The highest BCUT2D eigenvalue weighted by Crippen LogP contribution is 2.52. The van der Waals surface area contributed by atoms with Crippen molar-refractivity contribution in [3.63, 3.8) is 0 Å². The van der Waals surface area contributed by atoms with Crippen LogP contribution < -0.4 is 5.56 Å². The third-order valence-electron chi connectivity index (χ3n) is 6.97. The Morgan fingerprint density at radius 1 is 1.11 bits per heavy atom. The number of rotatable bonds is 5. The number of thioether (sulfide) groups is 1. The van der Waals surface area contributed by atoms with Gasteiger partial charge in [-0.05, 0) is 50.4 Å². The number of aromatic amines is 1.